The number of carbonyl (C=O) groups is 1. The number of imidazole rings is 1. The van der Waals surface area contributed by atoms with Crippen molar-refractivity contribution in [3.05, 3.63) is 67.4 Å². The molecule has 0 radical (unpaired) electrons. The molecule has 0 N–H and O–H groups in total. The van der Waals surface area contributed by atoms with Crippen LogP contribution in [-0.4, -0.2) is 37.1 Å². The smallest absolute Gasteiger partial charge is 0.258 e. The Labute approximate surface area is 161 Å². The minimum Gasteiger partial charge on any atom is -0.334 e. The summed E-state index contributed by atoms with van der Waals surface area (Å²) in [6, 6.07) is 13.2. The lowest BCUT2D eigenvalue weighted by atomic mass is 10.3. The van der Waals surface area contributed by atoms with Crippen molar-refractivity contribution in [2.45, 2.75) is 13.5 Å². The highest BCUT2D eigenvalue weighted by atomic mass is 16.5. The van der Waals surface area contributed by atoms with Gasteiger partial charge in [-0.05, 0) is 31.2 Å². The monoisotopic (exact) mass is 374 g/mol. The summed E-state index contributed by atoms with van der Waals surface area (Å²) >= 11 is 0. The van der Waals surface area contributed by atoms with Crippen LogP contribution in [0.15, 0.2) is 71.9 Å². The lowest BCUT2D eigenvalue weighted by Gasteiger charge is -2.21. The third-order valence-corrected chi connectivity index (χ3v) is 4.22. The lowest BCUT2D eigenvalue weighted by molar-refractivity contribution is -0.119. The molecule has 8 nitrogen and oxygen atoms in total. The predicted molar refractivity (Wildman–Crippen MR) is 103 cm³/mol. The minimum atomic E-state index is -0.0248. The molecule has 8 heteroatoms. The van der Waals surface area contributed by atoms with Gasteiger partial charge in [-0.3, -0.25) is 9.78 Å². The summed E-state index contributed by atoms with van der Waals surface area (Å²) in [4.78, 5) is 27.1. The van der Waals surface area contributed by atoms with Gasteiger partial charge in [0, 0.05) is 36.4 Å². The van der Waals surface area contributed by atoms with Crippen LogP contribution < -0.4 is 4.90 Å². The van der Waals surface area contributed by atoms with E-state index < -0.39 is 0 Å². The Bertz CT molecular complexity index is 1060. The summed E-state index contributed by atoms with van der Waals surface area (Å²) in [5.41, 5.74) is 2.19. The van der Waals surface area contributed by atoms with Gasteiger partial charge in [0.2, 0.25) is 11.7 Å². The van der Waals surface area contributed by atoms with E-state index in [1.54, 1.807) is 46.5 Å². The van der Waals surface area contributed by atoms with E-state index in [0.717, 1.165) is 11.3 Å². The molecule has 0 atom stereocenters. The Morgan fingerprint density at radius 1 is 1.14 bits per heavy atom. The van der Waals surface area contributed by atoms with E-state index in [-0.39, 0.29) is 12.5 Å². The van der Waals surface area contributed by atoms with Gasteiger partial charge in [-0.25, -0.2) is 4.98 Å². The van der Waals surface area contributed by atoms with Crippen LogP contribution in [-0.2, 0) is 11.3 Å². The topological polar surface area (TPSA) is 89.9 Å². The highest BCUT2D eigenvalue weighted by Gasteiger charge is 2.16. The van der Waals surface area contributed by atoms with Gasteiger partial charge in [-0.15, -0.1) is 0 Å². The number of pyridine rings is 1. The van der Waals surface area contributed by atoms with Crippen LogP contribution in [0.1, 0.15) is 6.92 Å². The van der Waals surface area contributed by atoms with Crippen LogP contribution in [0.25, 0.3) is 23.0 Å². The van der Waals surface area contributed by atoms with E-state index in [1.807, 2.05) is 37.3 Å². The van der Waals surface area contributed by atoms with E-state index in [4.69, 9.17) is 4.52 Å². The number of rotatable bonds is 6. The molecular weight excluding hydrogens is 356 g/mol. The highest BCUT2D eigenvalue weighted by molar-refractivity contribution is 5.93. The summed E-state index contributed by atoms with van der Waals surface area (Å²) < 4.78 is 7.01. The first-order valence-electron chi connectivity index (χ1n) is 8.86. The Hall–Kier alpha value is -3.81. The fourth-order valence-corrected chi connectivity index (χ4v) is 2.85. The maximum atomic E-state index is 12.7. The number of aromatic nitrogens is 5. The van der Waals surface area contributed by atoms with Gasteiger partial charge in [-0.2, -0.15) is 4.98 Å². The summed E-state index contributed by atoms with van der Waals surface area (Å²) in [5, 5.41) is 3.98. The molecule has 0 fully saturated rings. The highest BCUT2D eigenvalue weighted by Crippen LogP contribution is 2.20. The molecule has 0 spiro atoms. The maximum absolute atomic E-state index is 12.7. The maximum Gasteiger partial charge on any atom is 0.258 e. The molecule has 140 valence electrons. The Morgan fingerprint density at radius 3 is 2.68 bits per heavy atom. The molecule has 4 aromatic rings. The zero-order valence-corrected chi connectivity index (χ0v) is 15.3. The lowest BCUT2D eigenvalue weighted by Crippen LogP contribution is -2.33. The van der Waals surface area contributed by atoms with Gasteiger partial charge in [-0.1, -0.05) is 23.4 Å². The number of nitrogens with zero attached hydrogens (tertiary/aromatic N) is 6. The number of likely N-dealkylation sites (N-methyl/N-ethyl adjacent to an activating group) is 1. The Kier molecular flexibility index (Phi) is 4.92. The normalized spacial score (nSPS) is 10.8. The number of hydrogen-bond donors (Lipinski definition) is 0. The second kappa shape index (κ2) is 7.83. The first-order valence-corrected chi connectivity index (χ1v) is 8.86. The van der Waals surface area contributed by atoms with Crippen molar-refractivity contribution in [1.82, 2.24) is 24.7 Å². The Morgan fingerprint density at radius 2 is 1.93 bits per heavy atom. The minimum absolute atomic E-state index is 0.0248. The van der Waals surface area contributed by atoms with Crippen molar-refractivity contribution in [1.29, 1.82) is 0 Å². The predicted octanol–water partition coefficient (Wildman–Crippen LogP) is 3.05. The SMILES string of the molecule is CCN(C(=O)Cn1cnc(-c2noc(-c3ccncc3)n2)c1)c1ccccc1. The standard InChI is InChI=1S/C20H18N6O2/c1-2-26(16-6-4-3-5-7-16)18(27)13-25-12-17(22-14-25)19-23-20(28-24-19)15-8-10-21-11-9-15/h3-12,14H,2,13H2,1H3. The quantitative estimate of drug-likeness (QED) is 0.515. The van der Waals surface area contributed by atoms with Gasteiger partial charge in [0.1, 0.15) is 12.2 Å². The summed E-state index contributed by atoms with van der Waals surface area (Å²) in [6.45, 7) is 2.71. The van der Waals surface area contributed by atoms with Crippen LogP contribution in [0, 0.1) is 0 Å². The van der Waals surface area contributed by atoms with E-state index in [0.29, 0.717) is 24.0 Å². The molecule has 1 amide bonds. The molecule has 0 aliphatic carbocycles. The molecule has 28 heavy (non-hydrogen) atoms. The van der Waals surface area contributed by atoms with Crippen LogP contribution in [0.3, 0.4) is 0 Å². The molecule has 3 heterocycles. The third kappa shape index (κ3) is 3.66. The molecule has 0 saturated carbocycles. The van der Waals surface area contributed by atoms with Crippen molar-refractivity contribution in [2.24, 2.45) is 0 Å². The zero-order chi connectivity index (χ0) is 19.3. The van der Waals surface area contributed by atoms with Crippen LogP contribution in [0.4, 0.5) is 5.69 Å². The van der Waals surface area contributed by atoms with E-state index >= 15 is 0 Å². The molecule has 4 rings (SSSR count). The second-order valence-corrected chi connectivity index (χ2v) is 6.06. The average molecular weight is 374 g/mol. The van der Waals surface area contributed by atoms with Gasteiger partial charge in [0.25, 0.3) is 5.89 Å². The molecule has 0 bridgehead atoms. The number of anilines is 1. The van der Waals surface area contributed by atoms with Gasteiger partial charge in [0.15, 0.2) is 0 Å². The van der Waals surface area contributed by atoms with Crippen molar-refractivity contribution in [3.8, 4) is 23.0 Å². The molecule has 3 aromatic heterocycles. The average Bonchev–Trinajstić information content (AvgIpc) is 3.40. The molecule has 1 aromatic carbocycles. The fraction of sp³-hybridized carbons (Fsp3) is 0.150. The van der Waals surface area contributed by atoms with Gasteiger partial charge >= 0.3 is 0 Å². The van der Waals surface area contributed by atoms with E-state index in [2.05, 4.69) is 20.1 Å². The fourth-order valence-electron chi connectivity index (χ4n) is 2.85. The second-order valence-electron chi connectivity index (χ2n) is 6.06. The summed E-state index contributed by atoms with van der Waals surface area (Å²) in [6.07, 6.45) is 6.64. The first-order chi connectivity index (χ1) is 13.7. The number of para-hydroxylation sites is 1. The molecule has 0 aliphatic rings. The number of benzene rings is 1. The van der Waals surface area contributed by atoms with E-state index in [9.17, 15) is 4.79 Å². The first kappa shape index (κ1) is 17.6. The third-order valence-electron chi connectivity index (χ3n) is 4.22. The van der Waals surface area contributed by atoms with Crippen LogP contribution in [0.2, 0.25) is 0 Å². The number of hydrogen-bond acceptors (Lipinski definition) is 6. The van der Waals surface area contributed by atoms with Gasteiger partial charge in [0.05, 0.1) is 6.33 Å². The van der Waals surface area contributed by atoms with Gasteiger partial charge < -0.3 is 14.0 Å². The van der Waals surface area contributed by atoms with Crippen molar-refractivity contribution >= 4 is 11.6 Å². The summed E-state index contributed by atoms with van der Waals surface area (Å²) in [7, 11) is 0. The van der Waals surface area contributed by atoms with Crippen LogP contribution >= 0.6 is 0 Å². The van der Waals surface area contributed by atoms with Crippen molar-refractivity contribution in [2.75, 3.05) is 11.4 Å². The van der Waals surface area contributed by atoms with Crippen LogP contribution in [0.5, 0.6) is 0 Å². The zero-order valence-electron chi connectivity index (χ0n) is 15.3. The molecule has 0 aliphatic heterocycles. The summed E-state index contributed by atoms with van der Waals surface area (Å²) in [5.74, 6) is 0.737. The largest absolute Gasteiger partial charge is 0.334 e. The van der Waals surface area contributed by atoms with Crippen molar-refractivity contribution < 1.29 is 9.32 Å². The molecular formula is C20H18N6O2. The Balaban J connectivity index is 1.49. The van der Waals surface area contributed by atoms with E-state index in [1.165, 1.54) is 0 Å². The number of carbonyl (C=O) groups excluding carboxylic acids is 1. The van der Waals surface area contributed by atoms with Crippen molar-refractivity contribution in [3.63, 3.8) is 0 Å². The number of amides is 1. The molecule has 0 unspecified atom stereocenters. The molecule has 0 saturated heterocycles.